The number of aromatic nitrogens is 1. The van der Waals surface area contributed by atoms with Gasteiger partial charge < -0.3 is 15.5 Å². The number of anilines is 1. The normalized spacial score (nSPS) is 12.1. The number of nitrogens with one attached hydrogen (secondary N) is 2. The lowest BCUT2D eigenvalue weighted by atomic mass is 10.3. The SMILES string of the molecule is O=C(Nc1nc2ccccc2s1)NC(CO)C(=O)O. The number of para-hydroxylation sites is 1. The molecule has 1 aromatic heterocycles. The average molecular weight is 281 g/mol. The highest BCUT2D eigenvalue weighted by Crippen LogP contribution is 2.25. The number of aliphatic carboxylic acids is 1. The number of aliphatic hydroxyl groups excluding tert-OH is 1. The lowest BCUT2D eigenvalue weighted by molar-refractivity contribution is -0.140. The summed E-state index contributed by atoms with van der Waals surface area (Å²) < 4.78 is 0.912. The van der Waals surface area contributed by atoms with Crippen LogP contribution in [0.5, 0.6) is 0 Å². The van der Waals surface area contributed by atoms with E-state index in [0.29, 0.717) is 5.13 Å². The molecule has 0 saturated heterocycles. The van der Waals surface area contributed by atoms with Crippen LogP contribution in [-0.2, 0) is 4.79 Å². The molecule has 0 saturated carbocycles. The van der Waals surface area contributed by atoms with Gasteiger partial charge in [0.15, 0.2) is 11.2 Å². The van der Waals surface area contributed by atoms with Gasteiger partial charge in [0, 0.05) is 0 Å². The lowest BCUT2D eigenvalue weighted by Crippen LogP contribution is -2.45. The predicted octanol–water partition coefficient (Wildman–Crippen LogP) is 0.863. The summed E-state index contributed by atoms with van der Waals surface area (Å²) >= 11 is 1.28. The Balaban J connectivity index is 2.04. The second-order valence-electron chi connectivity index (χ2n) is 3.66. The first-order chi connectivity index (χ1) is 9.10. The number of carbonyl (C=O) groups excluding carboxylic acids is 1. The van der Waals surface area contributed by atoms with Gasteiger partial charge in [-0.15, -0.1) is 0 Å². The molecule has 0 aliphatic carbocycles. The van der Waals surface area contributed by atoms with Crippen molar-refractivity contribution in [1.29, 1.82) is 0 Å². The minimum Gasteiger partial charge on any atom is -0.480 e. The molecular formula is C11H11N3O4S. The van der Waals surface area contributed by atoms with E-state index < -0.39 is 24.6 Å². The predicted molar refractivity (Wildman–Crippen MR) is 70.3 cm³/mol. The Kier molecular flexibility index (Phi) is 3.93. The number of amides is 2. The van der Waals surface area contributed by atoms with Gasteiger partial charge in [-0.1, -0.05) is 23.5 Å². The van der Waals surface area contributed by atoms with E-state index >= 15 is 0 Å². The number of rotatable bonds is 4. The van der Waals surface area contributed by atoms with Crippen molar-refractivity contribution in [1.82, 2.24) is 10.3 Å². The van der Waals surface area contributed by atoms with Crippen LogP contribution in [0.3, 0.4) is 0 Å². The molecule has 1 unspecified atom stereocenters. The summed E-state index contributed by atoms with van der Waals surface area (Å²) in [5, 5.41) is 22.4. The van der Waals surface area contributed by atoms with E-state index in [0.717, 1.165) is 10.2 Å². The third kappa shape index (κ3) is 3.18. The number of hydrogen-bond acceptors (Lipinski definition) is 5. The zero-order valence-corrected chi connectivity index (χ0v) is 10.5. The average Bonchev–Trinajstić information content (AvgIpc) is 2.77. The molecule has 1 atom stereocenters. The number of carbonyl (C=O) groups is 2. The molecule has 19 heavy (non-hydrogen) atoms. The Hall–Kier alpha value is -2.19. The van der Waals surface area contributed by atoms with Crippen LogP contribution in [0.2, 0.25) is 0 Å². The fourth-order valence-corrected chi connectivity index (χ4v) is 2.26. The standard InChI is InChI=1S/C11H11N3O4S/c15-5-7(9(16)17)12-10(18)14-11-13-6-3-1-2-4-8(6)19-11/h1-4,7,15H,5H2,(H,16,17)(H2,12,13,14,18). The number of nitrogens with zero attached hydrogens (tertiary/aromatic N) is 1. The second-order valence-corrected chi connectivity index (χ2v) is 4.69. The van der Waals surface area contributed by atoms with Gasteiger partial charge in [-0.25, -0.2) is 14.6 Å². The van der Waals surface area contributed by atoms with Crippen LogP contribution in [0.25, 0.3) is 10.2 Å². The summed E-state index contributed by atoms with van der Waals surface area (Å²) in [6, 6.07) is 5.30. The van der Waals surface area contributed by atoms with Crippen molar-refractivity contribution in [3.63, 3.8) is 0 Å². The Morgan fingerprint density at radius 1 is 1.37 bits per heavy atom. The van der Waals surface area contributed by atoms with Gasteiger partial charge in [-0.2, -0.15) is 0 Å². The van der Waals surface area contributed by atoms with E-state index in [1.54, 1.807) is 0 Å². The number of urea groups is 1. The molecule has 8 heteroatoms. The molecule has 0 aliphatic heterocycles. The maximum Gasteiger partial charge on any atom is 0.328 e. The van der Waals surface area contributed by atoms with Crippen molar-refractivity contribution < 1.29 is 19.8 Å². The van der Waals surface area contributed by atoms with E-state index in [9.17, 15) is 9.59 Å². The largest absolute Gasteiger partial charge is 0.480 e. The van der Waals surface area contributed by atoms with E-state index in [1.165, 1.54) is 11.3 Å². The highest BCUT2D eigenvalue weighted by Gasteiger charge is 2.19. The number of hydrogen-bond donors (Lipinski definition) is 4. The van der Waals surface area contributed by atoms with Crippen molar-refractivity contribution in [2.75, 3.05) is 11.9 Å². The monoisotopic (exact) mass is 281 g/mol. The highest BCUT2D eigenvalue weighted by molar-refractivity contribution is 7.22. The van der Waals surface area contributed by atoms with Gasteiger partial charge in [-0.05, 0) is 12.1 Å². The zero-order valence-electron chi connectivity index (χ0n) is 9.66. The molecule has 2 amide bonds. The minimum atomic E-state index is -1.34. The molecular weight excluding hydrogens is 270 g/mol. The van der Waals surface area contributed by atoms with E-state index in [-0.39, 0.29) is 0 Å². The van der Waals surface area contributed by atoms with Crippen molar-refractivity contribution >= 4 is 38.7 Å². The van der Waals surface area contributed by atoms with E-state index in [4.69, 9.17) is 10.2 Å². The summed E-state index contributed by atoms with van der Waals surface area (Å²) in [5.74, 6) is -1.30. The van der Waals surface area contributed by atoms with Gasteiger partial charge in [0.05, 0.1) is 16.8 Å². The maximum absolute atomic E-state index is 11.5. The number of carboxylic acid groups (broad SMARTS) is 1. The first-order valence-corrected chi connectivity index (χ1v) is 6.18. The molecule has 0 fully saturated rings. The second kappa shape index (κ2) is 5.63. The summed E-state index contributed by atoms with van der Waals surface area (Å²) in [4.78, 5) is 26.3. The van der Waals surface area contributed by atoms with Gasteiger partial charge in [0.1, 0.15) is 0 Å². The maximum atomic E-state index is 11.5. The topological polar surface area (TPSA) is 112 Å². The van der Waals surface area contributed by atoms with Gasteiger partial charge in [-0.3, -0.25) is 5.32 Å². The van der Waals surface area contributed by atoms with Crippen molar-refractivity contribution in [3.05, 3.63) is 24.3 Å². The zero-order chi connectivity index (χ0) is 13.8. The van der Waals surface area contributed by atoms with Crippen molar-refractivity contribution in [2.24, 2.45) is 0 Å². The molecule has 2 rings (SSSR count). The molecule has 2 aromatic rings. The first kappa shape index (κ1) is 13.2. The number of carboxylic acids is 1. The van der Waals surface area contributed by atoms with Crippen LogP contribution in [0.4, 0.5) is 9.93 Å². The van der Waals surface area contributed by atoms with Crippen molar-refractivity contribution in [2.45, 2.75) is 6.04 Å². The quantitative estimate of drug-likeness (QED) is 0.664. The first-order valence-electron chi connectivity index (χ1n) is 5.37. The lowest BCUT2D eigenvalue weighted by Gasteiger charge is -2.11. The number of fused-ring (bicyclic) bond motifs is 1. The minimum absolute atomic E-state index is 0.362. The van der Waals surface area contributed by atoms with Crippen molar-refractivity contribution in [3.8, 4) is 0 Å². The summed E-state index contributed by atoms with van der Waals surface area (Å²) in [6.07, 6.45) is 0. The summed E-state index contributed by atoms with van der Waals surface area (Å²) in [7, 11) is 0. The van der Waals surface area contributed by atoms with Crippen LogP contribution in [-0.4, -0.2) is 39.8 Å². The fraction of sp³-hybridized carbons (Fsp3) is 0.182. The summed E-state index contributed by atoms with van der Waals surface area (Å²) in [5.41, 5.74) is 0.750. The van der Waals surface area contributed by atoms with Gasteiger partial charge in [0.25, 0.3) is 0 Å². The van der Waals surface area contributed by atoms with E-state index in [2.05, 4.69) is 15.6 Å². The molecule has 0 spiro atoms. The van der Waals surface area contributed by atoms with Crippen LogP contribution in [0.1, 0.15) is 0 Å². The third-order valence-corrected chi connectivity index (χ3v) is 3.25. The van der Waals surface area contributed by atoms with Crippen LogP contribution < -0.4 is 10.6 Å². The molecule has 0 bridgehead atoms. The Morgan fingerprint density at radius 2 is 2.11 bits per heavy atom. The Morgan fingerprint density at radius 3 is 2.74 bits per heavy atom. The molecule has 1 heterocycles. The third-order valence-electron chi connectivity index (χ3n) is 2.30. The molecule has 0 aliphatic rings. The Bertz CT molecular complexity index is 580. The fourth-order valence-electron chi connectivity index (χ4n) is 1.40. The van der Waals surface area contributed by atoms with Gasteiger partial charge >= 0.3 is 12.0 Å². The summed E-state index contributed by atoms with van der Waals surface area (Å²) in [6.45, 7) is -0.678. The highest BCUT2D eigenvalue weighted by atomic mass is 32.1. The molecule has 0 radical (unpaired) electrons. The molecule has 4 N–H and O–H groups in total. The van der Waals surface area contributed by atoms with Crippen LogP contribution in [0.15, 0.2) is 24.3 Å². The number of aliphatic hydroxyl groups is 1. The van der Waals surface area contributed by atoms with E-state index in [1.807, 2.05) is 24.3 Å². The number of thiazole rings is 1. The smallest absolute Gasteiger partial charge is 0.328 e. The molecule has 100 valence electrons. The number of benzene rings is 1. The Labute approximate surface area is 111 Å². The molecule has 7 nitrogen and oxygen atoms in total. The van der Waals surface area contributed by atoms with Crippen LogP contribution >= 0.6 is 11.3 Å². The molecule has 1 aromatic carbocycles. The van der Waals surface area contributed by atoms with Gasteiger partial charge in [0.2, 0.25) is 0 Å². The van der Waals surface area contributed by atoms with Crippen LogP contribution in [0, 0.1) is 0 Å².